The standard InChI is InChI=1S/C18H22N4O3/c1-11-6-12(2)22-10-14(21-18(22)20-11)9-19-13-7-15(23-3)17(25-5)16(8-13)24-4/h6-8,10,19H,9H2,1-5H3. The summed E-state index contributed by atoms with van der Waals surface area (Å²) in [6.07, 6.45) is 1.99. The maximum atomic E-state index is 5.37. The summed E-state index contributed by atoms with van der Waals surface area (Å²) in [5.74, 6) is 2.48. The summed E-state index contributed by atoms with van der Waals surface area (Å²) < 4.78 is 18.1. The topological polar surface area (TPSA) is 69.9 Å². The fourth-order valence-electron chi connectivity index (χ4n) is 2.78. The number of methoxy groups -OCH3 is 3. The zero-order valence-electron chi connectivity index (χ0n) is 15.1. The number of anilines is 1. The highest BCUT2D eigenvalue weighted by Crippen LogP contribution is 2.39. The van der Waals surface area contributed by atoms with Gasteiger partial charge in [0.15, 0.2) is 11.5 Å². The summed E-state index contributed by atoms with van der Waals surface area (Å²) in [5, 5.41) is 3.34. The molecule has 1 aromatic carbocycles. The lowest BCUT2D eigenvalue weighted by molar-refractivity contribution is 0.324. The minimum Gasteiger partial charge on any atom is -0.493 e. The predicted octanol–water partition coefficient (Wildman–Crippen LogP) is 2.98. The maximum Gasteiger partial charge on any atom is 0.234 e. The summed E-state index contributed by atoms with van der Waals surface area (Å²) in [6.45, 7) is 4.57. The van der Waals surface area contributed by atoms with Crippen LogP contribution in [0.25, 0.3) is 5.78 Å². The van der Waals surface area contributed by atoms with Crippen molar-refractivity contribution in [1.82, 2.24) is 14.4 Å². The number of fused-ring (bicyclic) bond motifs is 1. The molecule has 0 saturated heterocycles. The van der Waals surface area contributed by atoms with Crippen LogP contribution in [0.3, 0.4) is 0 Å². The van der Waals surface area contributed by atoms with Crippen LogP contribution in [0.15, 0.2) is 24.4 Å². The van der Waals surface area contributed by atoms with Crippen LogP contribution in [0.4, 0.5) is 5.69 Å². The Bertz CT molecular complexity index is 880. The van der Waals surface area contributed by atoms with Crippen molar-refractivity contribution in [1.29, 1.82) is 0 Å². The minimum absolute atomic E-state index is 0.556. The molecular formula is C18H22N4O3. The number of hydrogen-bond acceptors (Lipinski definition) is 6. The third-order valence-corrected chi connectivity index (χ3v) is 3.95. The number of nitrogens with zero attached hydrogens (tertiary/aromatic N) is 3. The molecule has 0 aliphatic carbocycles. The molecule has 0 atom stereocenters. The monoisotopic (exact) mass is 342 g/mol. The highest BCUT2D eigenvalue weighted by molar-refractivity contribution is 5.62. The van der Waals surface area contributed by atoms with E-state index in [1.165, 1.54) is 0 Å². The average molecular weight is 342 g/mol. The highest BCUT2D eigenvalue weighted by Gasteiger charge is 2.13. The molecule has 0 radical (unpaired) electrons. The van der Waals surface area contributed by atoms with Crippen molar-refractivity contribution in [2.24, 2.45) is 0 Å². The second-order valence-corrected chi connectivity index (χ2v) is 5.71. The fraction of sp³-hybridized carbons (Fsp3) is 0.333. The number of rotatable bonds is 6. The van der Waals surface area contributed by atoms with Crippen molar-refractivity contribution in [2.75, 3.05) is 26.6 Å². The first-order chi connectivity index (χ1) is 12.0. The molecule has 0 unspecified atom stereocenters. The van der Waals surface area contributed by atoms with Gasteiger partial charge in [0.1, 0.15) is 0 Å². The summed E-state index contributed by atoms with van der Waals surface area (Å²) in [5.41, 5.74) is 3.82. The SMILES string of the molecule is COc1cc(NCc2cn3c(C)cc(C)nc3n2)cc(OC)c1OC. The second kappa shape index (κ2) is 6.88. The Kier molecular flexibility index (Phi) is 4.65. The maximum absolute atomic E-state index is 5.37. The van der Waals surface area contributed by atoms with E-state index in [0.29, 0.717) is 29.6 Å². The molecule has 3 rings (SSSR count). The smallest absolute Gasteiger partial charge is 0.234 e. The molecule has 2 heterocycles. The number of aryl methyl sites for hydroxylation is 2. The van der Waals surface area contributed by atoms with Crippen LogP contribution in [-0.4, -0.2) is 35.7 Å². The molecule has 0 saturated carbocycles. The van der Waals surface area contributed by atoms with Crippen LogP contribution in [0.1, 0.15) is 17.1 Å². The molecule has 0 aliphatic rings. The van der Waals surface area contributed by atoms with Gasteiger partial charge in [-0.1, -0.05) is 0 Å². The van der Waals surface area contributed by atoms with Gasteiger partial charge < -0.3 is 19.5 Å². The Balaban J connectivity index is 1.85. The van der Waals surface area contributed by atoms with Gasteiger partial charge in [0, 0.05) is 35.4 Å². The number of aromatic nitrogens is 3. The van der Waals surface area contributed by atoms with E-state index in [9.17, 15) is 0 Å². The van der Waals surface area contributed by atoms with Gasteiger partial charge in [-0.3, -0.25) is 4.40 Å². The molecule has 0 aliphatic heterocycles. The molecule has 0 bridgehead atoms. The Morgan fingerprint density at radius 3 is 2.24 bits per heavy atom. The molecule has 132 valence electrons. The summed E-state index contributed by atoms with van der Waals surface area (Å²) in [4.78, 5) is 9.03. The van der Waals surface area contributed by atoms with E-state index in [2.05, 4.69) is 15.3 Å². The lowest BCUT2D eigenvalue weighted by atomic mass is 10.2. The van der Waals surface area contributed by atoms with Crippen molar-refractivity contribution in [2.45, 2.75) is 20.4 Å². The van der Waals surface area contributed by atoms with E-state index in [0.717, 1.165) is 22.8 Å². The second-order valence-electron chi connectivity index (χ2n) is 5.71. The Labute approximate surface area is 146 Å². The van der Waals surface area contributed by atoms with E-state index in [4.69, 9.17) is 14.2 Å². The summed E-state index contributed by atoms with van der Waals surface area (Å²) in [6, 6.07) is 5.76. The summed E-state index contributed by atoms with van der Waals surface area (Å²) >= 11 is 0. The first kappa shape index (κ1) is 16.9. The lowest BCUT2D eigenvalue weighted by Crippen LogP contribution is -2.02. The first-order valence-electron chi connectivity index (χ1n) is 7.91. The van der Waals surface area contributed by atoms with Gasteiger partial charge in [0.2, 0.25) is 11.5 Å². The van der Waals surface area contributed by atoms with Crippen LogP contribution >= 0.6 is 0 Å². The fourth-order valence-corrected chi connectivity index (χ4v) is 2.78. The molecule has 1 N–H and O–H groups in total. The molecule has 0 amide bonds. The molecule has 3 aromatic rings. The van der Waals surface area contributed by atoms with Crippen LogP contribution in [0, 0.1) is 13.8 Å². The third kappa shape index (κ3) is 3.31. The van der Waals surface area contributed by atoms with Crippen LogP contribution in [0.5, 0.6) is 17.2 Å². The largest absolute Gasteiger partial charge is 0.493 e. The van der Waals surface area contributed by atoms with Crippen LogP contribution < -0.4 is 19.5 Å². The van der Waals surface area contributed by atoms with E-state index in [-0.39, 0.29) is 0 Å². The lowest BCUT2D eigenvalue weighted by Gasteiger charge is -2.14. The Morgan fingerprint density at radius 1 is 0.960 bits per heavy atom. The summed E-state index contributed by atoms with van der Waals surface area (Å²) in [7, 11) is 4.78. The van der Waals surface area contributed by atoms with Crippen molar-refractivity contribution >= 4 is 11.5 Å². The van der Waals surface area contributed by atoms with Gasteiger partial charge in [-0.05, 0) is 19.9 Å². The molecule has 0 fully saturated rings. The number of imidazole rings is 1. The zero-order chi connectivity index (χ0) is 18.0. The molecule has 7 nitrogen and oxygen atoms in total. The molecular weight excluding hydrogens is 320 g/mol. The number of nitrogens with one attached hydrogen (secondary N) is 1. The van der Waals surface area contributed by atoms with Crippen molar-refractivity contribution in [3.05, 3.63) is 41.5 Å². The predicted molar refractivity (Wildman–Crippen MR) is 95.9 cm³/mol. The molecule has 25 heavy (non-hydrogen) atoms. The van der Waals surface area contributed by atoms with Crippen LogP contribution in [-0.2, 0) is 6.54 Å². The number of ether oxygens (including phenoxy) is 3. The van der Waals surface area contributed by atoms with E-state index >= 15 is 0 Å². The van der Waals surface area contributed by atoms with Gasteiger partial charge in [-0.25, -0.2) is 9.97 Å². The minimum atomic E-state index is 0.556. The van der Waals surface area contributed by atoms with Crippen LogP contribution in [0.2, 0.25) is 0 Å². The zero-order valence-corrected chi connectivity index (χ0v) is 15.1. The third-order valence-electron chi connectivity index (χ3n) is 3.95. The van der Waals surface area contributed by atoms with E-state index < -0.39 is 0 Å². The van der Waals surface area contributed by atoms with Gasteiger partial charge in [-0.15, -0.1) is 0 Å². The van der Waals surface area contributed by atoms with Gasteiger partial charge in [0.05, 0.1) is 33.6 Å². The van der Waals surface area contributed by atoms with Gasteiger partial charge in [-0.2, -0.15) is 0 Å². The van der Waals surface area contributed by atoms with E-state index in [1.807, 2.05) is 42.6 Å². The van der Waals surface area contributed by atoms with Gasteiger partial charge >= 0.3 is 0 Å². The van der Waals surface area contributed by atoms with Crippen molar-refractivity contribution < 1.29 is 14.2 Å². The molecule has 7 heteroatoms. The van der Waals surface area contributed by atoms with Crippen molar-refractivity contribution in [3.8, 4) is 17.2 Å². The quantitative estimate of drug-likeness (QED) is 0.743. The first-order valence-corrected chi connectivity index (χ1v) is 7.91. The Morgan fingerprint density at radius 2 is 1.64 bits per heavy atom. The number of hydrogen-bond donors (Lipinski definition) is 1. The Hall–Kier alpha value is -2.96. The number of benzene rings is 1. The average Bonchev–Trinajstić information content (AvgIpc) is 3.02. The molecule has 0 spiro atoms. The van der Waals surface area contributed by atoms with E-state index in [1.54, 1.807) is 21.3 Å². The van der Waals surface area contributed by atoms with Crippen molar-refractivity contribution in [3.63, 3.8) is 0 Å². The normalized spacial score (nSPS) is 10.8. The molecule has 2 aromatic heterocycles. The van der Waals surface area contributed by atoms with Gasteiger partial charge in [0.25, 0.3) is 0 Å². The highest BCUT2D eigenvalue weighted by atomic mass is 16.5.